The minimum absolute atomic E-state index is 0.192. The molecular weight excluding hydrogens is 461 g/mol. The monoisotopic (exact) mass is 483 g/mol. The second-order valence-electron chi connectivity index (χ2n) is 7.60. The zero-order valence-electron chi connectivity index (χ0n) is 18.6. The third kappa shape index (κ3) is 4.13. The minimum atomic E-state index is -1.20. The summed E-state index contributed by atoms with van der Waals surface area (Å²) in [6.45, 7) is 2.89. The van der Waals surface area contributed by atoms with Gasteiger partial charge >= 0.3 is 0 Å². The number of aliphatic hydroxyl groups excluding tert-OH is 1. The standard InChI is InChI=1S/C23H22FN5O4S/c1-31-18-10-15(24)13(9-14(18)22(30)16-3-4-19(32-2)28-27-16)21-23-17(25-12-26-21)11-20(34-23)29-5-7-33-8-6-29/h3-4,9-12,22,30H,5-8H2,1-2H3. The van der Waals surface area contributed by atoms with Crippen LogP contribution in [-0.2, 0) is 4.74 Å². The Kier molecular flexibility index (Phi) is 6.22. The summed E-state index contributed by atoms with van der Waals surface area (Å²) in [6, 6.07) is 7.96. The van der Waals surface area contributed by atoms with Crippen molar-refractivity contribution in [1.29, 1.82) is 0 Å². The zero-order valence-corrected chi connectivity index (χ0v) is 19.4. The minimum Gasteiger partial charge on any atom is -0.496 e. The number of aliphatic hydroxyl groups is 1. The Balaban J connectivity index is 1.59. The number of ether oxygens (including phenoxy) is 3. The molecule has 9 nitrogen and oxygen atoms in total. The molecule has 0 radical (unpaired) electrons. The van der Waals surface area contributed by atoms with Crippen molar-refractivity contribution < 1.29 is 23.7 Å². The first-order valence-corrected chi connectivity index (χ1v) is 11.4. The van der Waals surface area contributed by atoms with Crippen molar-refractivity contribution in [2.45, 2.75) is 6.10 Å². The first kappa shape index (κ1) is 22.4. The van der Waals surface area contributed by atoms with E-state index >= 15 is 4.39 Å². The van der Waals surface area contributed by atoms with E-state index in [4.69, 9.17) is 14.2 Å². The van der Waals surface area contributed by atoms with Gasteiger partial charge in [0, 0.05) is 36.3 Å². The van der Waals surface area contributed by atoms with Crippen LogP contribution >= 0.6 is 11.3 Å². The number of aromatic nitrogens is 4. The summed E-state index contributed by atoms with van der Waals surface area (Å²) >= 11 is 1.51. The highest BCUT2D eigenvalue weighted by atomic mass is 32.1. The van der Waals surface area contributed by atoms with Crippen molar-refractivity contribution in [1.82, 2.24) is 20.2 Å². The van der Waals surface area contributed by atoms with Gasteiger partial charge in [-0.1, -0.05) is 0 Å². The van der Waals surface area contributed by atoms with Gasteiger partial charge in [0.2, 0.25) is 5.88 Å². The van der Waals surface area contributed by atoms with Gasteiger partial charge in [-0.25, -0.2) is 14.4 Å². The third-order valence-corrected chi connectivity index (χ3v) is 6.83. The predicted molar refractivity (Wildman–Crippen MR) is 125 cm³/mol. The van der Waals surface area contributed by atoms with Crippen molar-refractivity contribution in [2.24, 2.45) is 0 Å². The van der Waals surface area contributed by atoms with E-state index in [1.54, 1.807) is 18.2 Å². The van der Waals surface area contributed by atoms with Crippen LogP contribution in [0.2, 0.25) is 0 Å². The fourth-order valence-electron chi connectivity index (χ4n) is 3.86. The number of hydrogen-bond acceptors (Lipinski definition) is 10. The molecule has 3 aromatic heterocycles. The summed E-state index contributed by atoms with van der Waals surface area (Å²) in [5.41, 5.74) is 2.03. The van der Waals surface area contributed by atoms with Crippen LogP contribution in [0, 0.1) is 5.82 Å². The van der Waals surface area contributed by atoms with E-state index in [2.05, 4.69) is 25.1 Å². The molecule has 4 aromatic rings. The lowest BCUT2D eigenvalue weighted by atomic mass is 9.99. The Morgan fingerprint density at radius 3 is 2.62 bits per heavy atom. The molecule has 1 saturated heterocycles. The highest BCUT2D eigenvalue weighted by Gasteiger charge is 2.24. The number of thiophene rings is 1. The molecule has 4 heterocycles. The molecule has 0 saturated carbocycles. The lowest BCUT2D eigenvalue weighted by Gasteiger charge is -2.27. The van der Waals surface area contributed by atoms with E-state index in [0.29, 0.717) is 30.4 Å². The van der Waals surface area contributed by atoms with Gasteiger partial charge in [0.25, 0.3) is 0 Å². The molecule has 0 amide bonds. The lowest BCUT2D eigenvalue weighted by Crippen LogP contribution is -2.35. The summed E-state index contributed by atoms with van der Waals surface area (Å²) in [5.74, 6) is -0.00773. The van der Waals surface area contributed by atoms with Crippen molar-refractivity contribution in [3.8, 4) is 22.9 Å². The van der Waals surface area contributed by atoms with Crippen LogP contribution in [0.3, 0.4) is 0 Å². The Hall–Kier alpha value is -3.41. The van der Waals surface area contributed by atoms with Crippen molar-refractivity contribution in [2.75, 3.05) is 45.4 Å². The van der Waals surface area contributed by atoms with Gasteiger partial charge in [0.05, 0.1) is 54.0 Å². The van der Waals surface area contributed by atoms with E-state index < -0.39 is 11.9 Å². The van der Waals surface area contributed by atoms with E-state index in [0.717, 1.165) is 28.3 Å². The van der Waals surface area contributed by atoms with Crippen LogP contribution < -0.4 is 14.4 Å². The molecular formula is C23H22FN5O4S. The van der Waals surface area contributed by atoms with Crippen molar-refractivity contribution in [3.05, 3.63) is 53.7 Å². The number of nitrogens with zero attached hydrogens (tertiary/aromatic N) is 5. The SMILES string of the molecule is COc1ccc(C(O)c2cc(-c3ncnc4cc(N5CCOCC5)sc34)c(F)cc2OC)nn1. The summed E-state index contributed by atoms with van der Waals surface area (Å²) in [6.07, 6.45) is 0.222. The van der Waals surface area contributed by atoms with Crippen molar-refractivity contribution in [3.63, 3.8) is 0 Å². The third-order valence-electron chi connectivity index (χ3n) is 5.64. The summed E-state index contributed by atoms with van der Waals surface area (Å²) in [5, 5.41) is 20.0. The number of hydrogen-bond donors (Lipinski definition) is 1. The van der Waals surface area contributed by atoms with E-state index in [-0.39, 0.29) is 17.0 Å². The van der Waals surface area contributed by atoms with Crippen LogP contribution in [0.25, 0.3) is 21.5 Å². The largest absolute Gasteiger partial charge is 0.496 e. The number of methoxy groups -OCH3 is 2. The number of benzene rings is 1. The molecule has 0 spiro atoms. The van der Waals surface area contributed by atoms with Gasteiger partial charge in [-0.15, -0.1) is 21.5 Å². The fraction of sp³-hybridized carbons (Fsp3) is 0.304. The molecule has 1 unspecified atom stereocenters. The first-order valence-electron chi connectivity index (χ1n) is 10.6. The fourth-order valence-corrected chi connectivity index (χ4v) is 5.03. The van der Waals surface area contributed by atoms with E-state index in [9.17, 15) is 5.11 Å². The van der Waals surface area contributed by atoms with Gasteiger partial charge < -0.3 is 24.2 Å². The highest BCUT2D eigenvalue weighted by Crippen LogP contribution is 2.40. The molecule has 0 bridgehead atoms. The molecule has 1 atom stereocenters. The van der Waals surface area contributed by atoms with Gasteiger partial charge in [0.15, 0.2) is 0 Å². The normalized spacial score (nSPS) is 14.9. The quantitative estimate of drug-likeness (QED) is 0.443. The van der Waals surface area contributed by atoms with Crippen molar-refractivity contribution >= 4 is 26.6 Å². The number of anilines is 1. The molecule has 1 aromatic carbocycles. The van der Waals surface area contributed by atoms with Gasteiger partial charge in [-0.05, 0) is 18.2 Å². The Bertz CT molecular complexity index is 1310. The maximum absolute atomic E-state index is 15.3. The summed E-state index contributed by atoms with van der Waals surface area (Å²) < 4.78 is 31.9. The molecule has 34 heavy (non-hydrogen) atoms. The van der Waals surface area contributed by atoms with Crippen LogP contribution in [0.5, 0.6) is 11.6 Å². The van der Waals surface area contributed by atoms with Gasteiger partial charge in [-0.3, -0.25) is 0 Å². The molecule has 5 rings (SSSR count). The van der Waals surface area contributed by atoms with Crippen LogP contribution in [0.4, 0.5) is 9.39 Å². The molecule has 0 aliphatic carbocycles. The molecule has 1 fully saturated rings. The lowest BCUT2D eigenvalue weighted by molar-refractivity contribution is 0.123. The predicted octanol–water partition coefficient (Wildman–Crippen LogP) is 3.22. The highest BCUT2D eigenvalue weighted by molar-refractivity contribution is 7.23. The van der Waals surface area contributed by atoms with Crippen LogP contribution in [-0.4, -0.2) is 65.8 Å². The maximum Gasteiger partial charge on any atom is 0.233 e. The number of halogens is 1. The maximum atomic E-state index is 15.3. The molecule has 1 aliphatic heterocycles. The molecule has 11 heteroatoms. The average molecular weight is 484 g/mol. The Morgan fingerprint density at radius 2 is 1.91 bits per heavy atom. The second-order valence-corrected chi connectivity index (χ2v) is 8.63. The summed E-state index contributed by atoms with van der Waals surface area (Å²) in [4.78, 5) is 11.0. The number of rotatable bonds is 6. The second kappa shape index (κ2) is 9.45. The van der Waals surface area contributed by atoms with Gasteiger partial charge in [0.1, 0.15) is 24.0 Å². The summed E-state index contributed by atoms with van der Waals surface area (Å²) in [7, 11) is 2.90. The Morgan fingerprint density at radius 1 is 1.09 bits per heavy atom. The molecule has 1 aliphatic rings. The van der Waals surface area contributed by atoms with E-state index in [1.165, 1.54) is 38.0 Å². The zero-order chi connectivity index (χ0) is 23.7. The van der Waals surface area contributed by atoms with Crippen LogP contribution in [0.1, 0.15) is 17.4 Å². The van der Waals surface area contributed by atoms with Crippen LogP contribution in [0.15, 0.2) is 36.7 Å². The van der Waals surface area contributed by atoms with Gasteiger partial charge in [-0.2, -0.15) is 0 Å². The Labute approximate surface area is 198 Å². The number of morpholine rings is 1. The molecule has 176 valence electrons. The smallest absolute Gasteiger partial charge is 0.233 e. The van der Waals surface area contributed by atoms with E-state index in [1.807, 2.05) is 6.07 Å². The average Bonchev–Trinajstić information content (AvgIpc) is 3.33. The first-order chi connectivity index (χ1) is 16.6. The number of fused-ring (bicyclic) bond motifs is 1. The molecule has 1 N–H and O–H groups in total. The topological polar surface area (TPSA) is 103 Å².